The number of carboxylic acid groups (broad SMARTS) is 1. The zero-order valence-corrected chi connectivity index (χ0v) is 12.6. The number of carbonyl (C=O) groups is 2. The molecule has 1 unspecified atom stereocenters. The highest BCUT2D eigenvalue weighted by molar-refractivity contribution is 5.85. The molecule has 0 saturated carbocycles. The third-order valence-corrected chi connectivity index (χ3v) is 3.20. The van der Waals surface area contributed by atoms with Crippen LogP contribution in [-0.4, -0.2) is 54.7 Å². The van der Waals surface area contributed by atoms with E-state index in [-0.39, 0.29) is 43.3 Å². The predicted octanol–water partition coefficient (Wildman–Crippen LogP) is 0.822. The molecule has 1 atom stereocenters. The Morgan fingerprint density at radius 3 is 2.68 bits per heavy atom. The summed E-state index contributed by atoms with van der Waals surface area (Å²) in [5.74, 6) is -1.72. The van der Waals surface area contributed by atoms with Crippen LogP contribution in [0.1, 0.15) is 11.7 Å². The molecule has 122 valence electrons. The van der Waals surface area contributed by atoms with E-state index in [0.29, 0.717) is 19.7 Å². The van der Waals surface area contributed by atoms with Crippen molar-refractivity contribution in [2.75, 3.05) is 32.8 Å². The van der Waals surface area contributed by atoms with Gasteiger partial charge in [0.15, 0.2) is 0 Å². The molecule has 0 aromatic heterocycles. The molecule has 2 rings (SSSR count). The number of aliphatic carboxylic acids is 1. The Morgan fingerprint density at radius 1 is 1.36 bits per heavy atom. The van der Waals surface area contributed by atoms with Crippen LogP contribution in [0, 0.1) is 5.82 Å². The van der Waals surface area contributed by atoms with Gasteiger partial charge < -0.3 is 15.2 Å². The van der Waals surface area contributed by atoms with Crippen molar-refractivity contribution in [2.24, 2.45) is 0 Å². The van der Waals surface area contributed by atoms with Gasteiger partial charge in [-0.2, -0.15) is 0 Å². The maximum Gasteiger partial charge on any atom is 0.322 e. The summed E-state index contributed by atoms with van der Waals surface area (Å²) in [5, 5.41) is 10.8. The van der Waals surface area contributed by atoms with E-state index < -0.39 is 5.97 Å². The van der Waals surface area contributed by atoms with E-state index in [1.54, 1.807) is 12.1 Å². The second-order valence-electron chi connectivity index (χ2n) is 4.82. The van der Waals surface area contributed by atoms with Gasteiger partial charge in [0.25, 0.3) is 0 Å². The van der Waals surface area contributed by atoms with Crippen LogP contribution >= 0.6 is 12.4 Å². The number of ether oxygens (including phenoxy) is 1. The Labute approximate surface area is 133 Å². The zero-order chi connectivity index (χ0) is 15.2. The number of rotatable bonds is 5. The normalized spacial score (nSPS) is 18.3. The largest absolute Gasteiger partial charge is 0.480 e. The van der Waals surface area contributed by atoms with Gasteiger partial charge in [-0.05, 0) is 17.7 Å². The molecular formula is C14H18ClFN2O4. The summed E-state index contributed by atoms with van der Waals surface area (Å²) >= 11 is 0. The van der Waals surface area contributed by atoms with E-state index in [9.17, 15) is 14.0 Å². The Bertz CT molecular complexity index is 512. The highest BCUT2D eigenvalue weighted by atomic mass is 35.5. The summed E-state index contributed by atoms with van der Waals surface area (Å²) < 4.78 is 18.5. The van der Waals surface area contributed by atoms with Crippen LogP contribution in [0.5, 0.6) is 0 Å². The van der Waals surface area contributed by atoms with Crippen molar-refractivity contribution in [3.8, 4) is 0 Å². The maximum atomic E-state index is 12.9. The summed E-state index contributed by atoms with van der Waals surface area (Å²) in [6.07, 6.45) is -0.216. The molecule has 8 heteroatoms. The predicted molar refractivity (Wildman–Crippen MR) is 79.4 cm³/mol. The van der Waals surface area contributed by atoms with Crippen molar-refractivity contribution in [1.29, 1.82) is 0 Å². The maximum absolute atomic E-state index is 12.9. The number of hydrogen-bond acceptors (Lipinski definition) is 4. The monoisotopic (exact) mass is 332 g/mol. The number of nitrogens with one attached hydrogen (secondary N) is 1. The smallest absolute Gasteiger partial charge is 0.322 e. The molecule has 2 N–H and O–H groups in total. The molecule has 0 aliphatic carbocycles. The molecule has 1 amide bonds. The molecule has 1 saturated heterocycles. The molecule has 1 aliphatic heterocycles. The molecule has 1 aliphatic rings. The van der Waals surface area contributed by atoms with E-state index in [0.717, 1.165) is 5.56 Å². The SMILES string of the molecule is Cl.O=C(O)CNC(=O)CN1CCOC(c2ccc(F)cc2)C1. The van der Waals surface area contributed by atoms with Crippen LogP contribution < -0.4 is 5.32 Å². The number of carbonyl (C=O) groups excluding carboxylic acids is 1. The molecule has 0 bridgehead atoms. The van der Waals surface area contributed by atoms with Gasteiger partial charge in [-0.15, -0.1) is 12.4 Å². The quantitative estimate of drug-likeness (QED) is 0.834. The first-order valence-electron chi connectivity index (χ1n) is 6.62. The molecule has 22 heavy (non-hydrogen) atoms. The van der Waals surface area contributed by atoms with E-state index in [1.807, 2.05) is 4.90 Å². The molecule has 0 radical (unpaired) electrons. The first-order valence-corrected chi connectivity index (χ1v) is 6.62. The van der Waals surface area contributed by atoms with Crippen molar-refractivity contribution in [3.05, 3.63) is 35.6 Å². The molecule has 0 spiro atoms. The number of halogens is 2. The van der Waals surface area contributed by atoms with Crippen LogP contribution in [0.2, 0.25) is 0 Å². The lowest BCUT2D eigenvalue weighted by Crippen LogP contribution is -2.45. The lowest BCUT2D eigenvalue weighted by Gasteiger charge is -2.32. The van der Waals surface area contributed by atoms with Crippen LogP contribution in [0.3, 0.4) is 0 Å². The summed E-state index contributed by atoms with van der Waals surface area (Å²) in [6, 6.07) is 6.07. The van der Waals surface area contributed by atoms with E-state index in [4.69, 9.17) is 9.84 Å². The van der Waals surface area contributed by atoms with Crippen LogP contribution in [-0.2, 0) is 14.3 Å². The van der Waals surface area contributed by atoms with Gasteiger partial charge in [0.1, 0.15) is 12.4 Å². The van der Waals surface area contributed by atoms with Crippen molar-refractivity contribution >= 4 is 24.3 Å². The minimum atomic E-state index is -1.07. The fourth-order valence-electron chi connectivity index (χ4n) is 2.16. The third-order valence-electron chi connectivity index (χ3n) is 3.20. The topological polar surface area (TPSA) is 78.9 Å². The molecule has 1 fully saturated rings. The van der Waals surface area contributed by atoms with Crippen LogP contribution in [0.4, 0.5) is 4.39 Å². The van der Waals surface area contributed by atoms with Crippen LogP contribution in [0.25, 0.3) is 0 Å². The zero-order valence-electron chi connectivity index (χ0n) is 11.8. The fourth-order valence-corrected chi connectivity index (χ4v) is 2.16. The lowest BCUT2D eigenvalue weighted by atomic mass is 10.1. The number of benzene rings is 1. The summed E-state index contributed by atoms with van der Waals surface area (Å²) in [6.45, 7) is 1.30. The second-order valence-corrected chi connectivity index (χ2v) is 4.82. The third kappa shape index (κ3) is 5.59. The summed E-state index contributed by atoms with van der Waals surface area (Å²) in [4.78, 5) is 23.9. The first-order chi connectivity index (χ1) is 10.0. The number of amides is 1. The Balaban J connectivity index is 0.00000242. The van der Waals surface area contributed by atoms with Gasteiger partial charge >= 0.3 is 5.97 Å². The minimum Gasteiger partial charge on any atom is -0.480 e. The van der Waals surface area contributed by atoms with Crippen LogP contribution in [0.15, 0.2) is 24.3 Å². The van der Waals surface area contributed by atoms with E-state index in [2.05, 4.69) is 5.32 Å². The minimum absolute atomic E-state index is 0. The number of morpholine rings is 1. The number of hydrogen-bond donors (Lipinski definition) is 2. The number of nitrogens with zero attached hydrogens (tertiary/aromatic N) is 1. The molecule has 1 aromatic carbocycles. The van der Waals surface area contributed by atoms with Gasteiger partial charge in [0.2, 0.25) is 5.91 Å². The lowest BCUT2D eigenvalue weighted by molar-refractivity contribution is -0.138. The highest BCUT2D eigenvalue weighted by Crippen LogP contribution is 2.22. The number of carboxylic acids is 1. The average molecular weight is 333 g/mol. The molecular weight excluding hydrogens is 315 g/mol. The van der Waals surface area contributed by atoms with Crippen molar-refractivity contribution in [2.45, 2.75) is 6.10 Å². The van der Waals surface area contributed by atoms with E-state index in [1.165, 1.54) is 12.1 Å². The molecule has 1 heterocycles. The highest BCUT2D eigenvalue weighted by Gasteiger charge is 2.23. The Kier molecular flexibility index (Phi) is 7.23. The second kappa shape index (κ2) is 8.67. The van der Waals surface area contributed by atoms with Gasteiger partial charge in [-0.3, -0.25) is 14.5 Å². The Hall–Kier alpha value is -1.70. The fraction of sp³-hybridized carbons (Fsp3) is 0.429. The first kappa shape index (κ1) is 18.3. The van der Waals surface area contributed by atoms with Gasteiger partial charge in [-0.1, -0.05) is 12.1 Å². The Morgan fingerprint density at radius 2 is 2.05 bits per heavy atom. The summed E-state index contributed by atoms with van der Waals surface area (Å²) in [7, 11) is 0. The average Bonchev–Trinajstić information content (AvgIpc) is 2.46. The van der Waals surface area contributed by atoms with Gasteiger partial charge in [0, 0.05) is 13.1 Å². The van der Waals surface area contributed by atoms with Crippen molar-refractivity contribution in [1.82, 2.24) is 10.2 Å². The van der Waals surface area contributed by atoms with Gasteiger partial charge in [-0.25, -0.2) is 4.39 Å². The molecule has 6 nitrogen and oxygen atoms in total. The standard InChI is InChI=1S/C14H17FN2O4.ClH/c15-11-3-1-10(2-4-11)12-8-17(5-6-21-12)9-13(18)16-7-14(19)20;/h1-4,12H,5-9H2,(H,16,18)(H,19,20);1H. The van der Waals surface area contributed by atoms with E-state index >= 15 is 0 Å². The van der Waals surface area contributed by atoms with Crippen molar-refractivity contribution < 1.29 is 23.8 Å². The molecule has 1 aromatic rings. The van der Waals surface area contributed by atoms with Crippen molar-refractivity contribution in [3.63, 3.8) is 0 Å². The van der Waals surface area contributed by atoms with Gasteiger partial charge in [0.05, 0.1) is 19.3 Å². The summed E-state index contributed by atoms with van der Waals surface area (Å²) in [5.41, 5.74) is 0.854.